The number of carboxylic acid groups (broad SMARTS) is 1. The number of hydrogen-bond donors (Lipinski definition) is 5. The molecule has 7 rings (SSSR count). The quantitative estimate of drug-likeness (QED) is 0.380. The predicted molar refractivity (Wildman–Crippen MR) is 133 cm³/mol. The van der Waals surface area contributed by atoms with Crippen LogP contribution in [-0.2, 0) is 16.1 Å². The molecular weight excluding hydrogens is 476 g/mol. The number of fused-ring (bicyclic) bond motifs is 5. The van der Waals surface area contributed by atoms with Crippen molar-refractivity contribution in [2.24, 2.45) is 10.8 Å². The highest BCUT2D eigenvalue weighted by atomic mass is 16.5. The molecule has 0 radical (unpaired) electrons. The highest BCUT2D eigenvalue weighted by Gasteiger charge is 2.52. The lowest BCUT2D eigenvalue weighted by atomic mass is 9.53. The molecule has 1 aromatic carbocycles. The van der Waals surface area contributed by atoms with Crippen molar-refractivity contribution in [2.75, 3.05) is 30.3 Å². The van der Waals surface area contributed by atoms with E-state index in [-0.39, 0.29) is 29.9 Å². The maximum absolute atomic E-state index is 13.1. The van der Waals surface area contributed by atoms with Gasteiger partial charge in [-0.2, -0.15) is 0 Å². The molecule has 3 aliphatic carbocycles. The topological polar surface area (TPSA) is 155 Å². The summed E-state index contributed by atoms with van der Waals surface area (Å²) >= 11 is 0. The smallest absolute Gasteiger partial charge is 0.309 e. The standard InChI is InChI=1S/C26H30N6O5/c33-19-12-37-18-2-1-15(9-16(18)32-19)10-27-17-11-28-21-20(17)30-14-31-22(21)23(34)29-13-25-3-6-26(7-4-25,8-5-25)24(35)36/h1-2,9,14,17,27-28H,3-8,10-13H2,(H,29,34)(H,32,33)(H,35,36). The summed E-state index contributed by atoms with van der Waals surface area (Å²) in [4.78, 5) is 45.2. The first kappa shape index (κ1) is 23.7. The van der Waals surface area contributed by atoms with Gasteiger partial charge in [0.15, 0.2) is 12.3 Å². The average molecular weight is 507 g/mol. The molecule has 3 heterocycles. The number of rotatable bonds is 7. The van der Waals surface area contributed by atoms with Crippen LogP contribution in [0.4, 0.5) is 11.4 Å². The highest BCUT2D eigenvalue weighted by Crippen LogP contribution is 2.56. The molecule has 0 saturated heterocycles. The maximum atomic E-state index is 13.1. The molecule has 37 heavy (non-hydrogen) atoms. The van der Waals surface area contributed by atoms with Crippen molar-refractivity contribution in [1.29, 1.82) is 0 Å². The van der Waals surface area contributed by atoms with E-state index in [4.69, 9.17) is 4.74 Å². The fraction of sp³-hybridized carbons (Fsp3) is 0.500. The molecule has 1 atom stereocenters. The Morgan fingerprint density at radius 1 is 1.14 bits per heavy atom. The van der Waals surface area contributed by atoms with E-state index in [1.807, 2.05) is 18.2 Å². The lowest BCUT2D eigenvalue weighted by Gasteiger charge is -2.51. The molecule has 5 aliphatic rings. The first-order valence-corrected chi connectivity index (χ1v) is 12.8. The van der Waals surface area contributed by atoms with E-state index in [0.717, 1.165) is 30.5 Å². The number of aliphatic carboxylic acids is 1. The van der Waals surface area contributed by atoms with Crippen molar-refractivity contribution in [2.45, 2.75) is 51.1 Å². The number of carboxylic acids is 1. The summed E-state index contributed by atoms with van der Waals surface area (Å²) in [5.74, 6) is -0.439. The molecule has 3 saturated carbocycles. The Bertz CT molecular complexity index is 1260. The number of carbonyl (C=O) groups is 3. The fourth-order valence-corrected chi connectivity index (χ4v) is 6.16. The Hall–Kier alpha value is -3.73. The molecule has 2 bridgehead atoms. The number of aromatic nitrogens is 2. The molecule has 1 aromatic heterocycles. The van der Waals surface area contributed by atoms with Crippen LogP contribution in [0.1, 0.15) is 66.3 Å². The van der Waals surface area contributed by atoms with Crippen LogP contribution >= 0.6 is 0 Å². The minimum Gasteiger partial charge on any atom is -0.482 e. The van der Waals surface area contributed by atoms with Crippen LogP contribution in [0.2, 0.25) is 0 Å². The van der Waals surface area contributed by atoms with Crippen molar-refractivity contribution >= 4 is 29.2 Å². The lowest BCUT2D eigenvalue weighted by Crippen LogP contribution is -2.50. The van der Waals surface area contributed by atoms with Gasteiger partial charge in [0.1, 0.15) is 12.1 Å². The van der Waals surface area contributed by atoms with Crippen LogP contribution in [-0.4, -0.2) is 52.6 Å². The summed E-state index contributed by atoms with van der Waals surface area (Å²) in [6.45, 7) is 1.67. The Kier molecular flexibility index (Phi) is 5.74. The van der Waals surface area contributed by atoms with Crippen LogP contribution in [0.15, 0.2) is 24.5 Å². The molecule has 0 spiro atoms. The zero-order valence-electron chi connectivity index (χ0n) is 20.4. The lowest BCUT2D eigenvalue weighted by molar-refractivity contribution is -0.158. The van der Waals surface area contributed by atoms with Gasteiger partial charge < -0.3 is 31.1 Å². The molecule has 194 valence electrons. The molecule has 11 heteroatoms. The van der Waals surface area contributed by atoms with E-state index >= 15 is 0 Å². The summed E-state index contributed by atoms with van der Waals surface area (Å²) < 4.78 is 5.42. The van der Waals surface area contributed by atoms with E-state index in [1.165, 1.54) is 6.33 Å². The Labute approximate surface area is 213 Å². The summed E-state index contributed by atoms with van der Waals surface area (Å²) in [6, 6.07) is 5.57. The zero-order valence-corrected chi connectivity index (χ0v) is 20.4. The second kappa shape index (κ2) is 8.98. The van der Waals surface area contributed by atoms with E-state index < -0.39 is 11.4 Å². The number of nitrogens with one attached hydrogen (secondary N) is 4. The van der Waals surface area contributed by atoms with Gasteiger partial charge in [0.05, 0.1) is 28.5 Å². The van der Waals surface area contributed by atoms with Crippen LogP contribution in [0.5, 0.6) is 5.75 Å². The zero-order chi connectivity index (χ0) is 25.6. The third-order valence-electron chi connectivity index (χ3n) is 8.61. The summed E-state index contributed by atoms with van der Waals surface area (Å²) in [5, 5.41) is 22.3. The second-order valence-electron chi connectivity index (χ2n) is 10.7. The Morgan fingerprint density at radius 3 is 2.68 bits per heavy atom. The number of hydrogen-bond acceptors (Lipinski definition) is 8. The van der Waals surface area contributed by atoms with E-state index in [9.17, 15) is 19.5 Å². The third-order valence-corrected chi connectivity index (χ3v) is 8.61. The first-order chi connectivity index (χ1) is 17.9. The van der Waals surface area contributed by atoms with E-state index in [2.05, 4.69) is 31.2 Å². The Morgan fingerprint density at radius 2 is 1.92 bits per heavy atom. The van der Waals surface area contributed by atoms with Crippen molar-refractivity contribution in [3.8, 4) is 5.75 Å². The van der Waals surface area contributed by atoms with Crippen molar-refractivity contribution in [1.82, 2.24) is 20.6 Å². The number of benzene rings is 1. The van der Waals surface area contributed by atoms with Gasteiger partial charge in [-0.15, -0.1) is 0 Å². The number of nitrogens with zero attached hydrogens (tertiary/aromatic N) is 2. The van der Waals surface area contributed by atoms with E-state index in [0.29, 0.717) is 61.7 Å². The highest BCUT2D eigenvalue weighted by molar-refractivity contribution is 5.98. The van der Waals surface area contributed by atoms with Gasteiger partial charge in [-0.3, -0.25) is 14.4 Å². The van der Waals surface area contributed by atoms with Gasteiger partial charge >= 0.3 is 5.97 Å². The molecule has 2 amide bonds. The summed E-state index contributed by atoms with van der Waals surface area (Å²) in [7, 11) is 0. The molecule has 5 N–H and O–H groups in total. The largest absolute Gasteiger partial charge is 0.482 e. The summed E-state index contributed by atoms with van der Waals surface area (Å²) in [6.07, 6.45) is 5.93. The van der Waals surface area contributed by atoms with Crippen LogP contribution in [0, 0.1) is 10.8 Å². The second-order valence-corrected chi connectivity index (χ2v) is 10.7. The molecule has 2 aromatic rings. The van der Waals surface area contributed by atoms with Crippen molar-refractivity contribution in [3.05, 3.63) is 41.5 Å². The van der Waals surface area contributed by atoms with Crippen LogP contribution in [0.3, 0.4) is 0 Å². The predicted octanol–water partition coefficient (Wildman–Crippen LogP) is 2.22. The Balaban J connectivity index is 1.09. The van der Waals surface area contributed by atoms with Gasteiger partial charge in [0, 0.05) is 19.6 Å². The SMILES string of the molecule is O=C1COc2ccc(CNC3CNc4c(C(=O)NCC56CCC(C(=O)O)(CC5)CC6)ncnc43)cc2N1. The van der Waals surface area contributed by atoms with Gasteiger partial charge in [0.25, 0.3) is 11.8 Å². The molecule has 1 unspecified atom stereocenters. The monoisotopic (exact) mass is 506 g/mol. The molecular formula is C26H30N6O5. The van der Waals surface area contributed by atoms with Gasteiger partial charge in [-0.25, -0.2) is 9.97 Å². The van der Waals surface area contributed by atoms with Gasteiger partial charge in [-0.05, 0) is 61.6 Å². The fourth-order valence-electron chi connectivity index (χ4n) is 6.16. The van der Waals surface area contributed by atoms with Gasteiger partial charge in [0.2, 0.25) is 0 Å². The average Bonchev–Trinajstić information content (AvgIpc) is 3.34. The van der Waals surface area contributed by atoms with E-state index in [1.54, 1.807) is 0 Å². The normalized spacial score (nSPS) is 27.4. The third kappa shape index (κ3) is 4.26. The number of ether oxygens (including phenoxy) is 1. The number of amides is 2. The molecule has 3 fully saturated rings. The number of carbonyl (C=O) groups excluding carboxylic acids is 2. The number of anilines is 2. The summed E-state index contributed by atoms with van der Waals surface area (Å²) in [5.41, 5.74) is 2.76. The van der Waals surface area contributed by atoms with Crippen LogP contribution in [0.25, 0.3) is 0 Å². The molecule has 2 aliphatic heterocycles. The van der Waals surface area contributed by atoms with Crippen LogP contribution < -0.4 is 26.0 Å². The van der Waals surface area contributed by atoms with Crippen molar-refractivity contribution in [3.63, 3.8) is 0 Å². The van der Waals surface area contributed by atoms with Crippen molar-refractivity contribution < 1.29 is 24.2 Å². The molecule has 11 nitrogen and oxygen atoms in total. The maximum Gasteiger partial charge on any atom is 0.309 e. The minimum absolute atomic E-state index is 0.0249. The minimum atomic E-state index is -0.678. The first-order valence-electron chi connectivity index (χ1n) is 12.8. The van der Waals surface area contributed by atoms with Gasteiger partial charge in [-0.1, -0.05) is 6.07 Å².